The molecular formula is C46H60B4KN4O10. The molecule has 19 heteroatoms. The molecule has 4 aliphatic heterocycles. The Kier molecular flexibility index (Phi) is 23.6. The summed E-state index contributed by atoms with van der Waals surface area (Å²) in [6.07, 6.45) is 10.5. The van der Waals surface area contributed by atoms with Crippen LogP contribution in [0.2, 0.25) is 6.82 Å². The number of carbonyl (C=O) groups is 3. The third kappa shape index (κ3) is 16.1. The third-order valence-corrected chi connectivity index (χ3v) is 11.3. The molecular weight excluding hydrogens is 851 g/mol. The number of allylic oxidation sites excluding steroid dienone is 4. The number of carbonyl (C=O) groups excluding carboxylic acids is 4. The molecule has 0 aliphatic carbocycles. The van der Waals surface area contributed by atoms with E-state index in [0.29, 0.717) is 66.5 Å². The van der Waals surface area contributed by atoms with E-state index in [-0.39, 0.29) is 87.4 Å². The molecule has 7 rings (SSSR count). The average Bonchev–Trinajstić information content (AvgIpc) is 4.05. The minimum atomic E-state index is -1.35. The molecule has 4 heterocycles. The van der Waals surface area contributed by atoms with Gasteiger partial charge in [-0.25, -0.2) is 6.29 Å². The van der Waals surface area contributed by atoms with Gasteiger partial charge in [0, 0.05) is 36.3 Å². The fraction of sp³-hybridized carbons (Fsp3) is 0.391. The maximum atomic E-state index is 13.3. The number of fused-ring (bicyclic) bond motifs is 2. The van der Waals surface area contributed by atoms with E-state index in [0.717, 1.165) is 29.7 Å². The summed E-state index contributed by atoms with van der Waals surface area (Å²) in [5.41, 5.74) is 9.40. The van der Waals surface area contributed by atoms with E-state index in [2.05, 4.69) is 63.4 Å². The molecule has 4 atom stereocenters. The first kappa shape index (κ1) is 55.9. The molecule has 1 radical (unpaired) electrons. The summed E-state index contributed by atoms with van der Waals surface area (Å²) in [7, 11) is 0.652. The third-order valence-electron chi connectivity index (χ3n) is 11.3. The van der Waals surface area contributed by atoms with Crippen LogP contribution < -0.4 is 78.4 Å². The number of aryl methyl sites for hydroxylation is 2. The van der Waals surface area contributed by atoms with Crippen LogP contribution in [0.4, 0.5) is 0 Å². The maximum absolute atomic E-state index is 13.3. The molecule has 2 saturated heterocycles. The number of nitrogens with one attached hydrogen (secondary N) is 2. The first-order valence-corrected chi connectivity index (χ1v) is 21.5. The van der Waals surface area contributed by atoms with Crippen molar-refractivity contribution < 1.29 is 100.0 Å². The van der Waals surface area contributed by atoms with Crippen molar-refractivity contribution in [2.45, 2.75) is 98.1 Å². The number of hydrogen-bond acceptors (Lipinski definition) is 11. The summed E-state index contributed by atoms with van der Waals surface area (Å²) in [5.74, 6) is -0.414. The number of nitrogens with zero attached hydrogens (tertiary/aromatic N) is 2. The van der Waals surface area contributed by atoms with Gasteiger partial charge in [-0.05, 0) is 106 Å². The quantitative estimate of drug-likeness (QED) is 0.0413. The van der Waals surface area contributed by atoms with Crippen LogP contribution in [0.1, 0.15) is 83.5 Å². The number of likely N-dealkylation sites (tertiary alicyclic amines) is 2. The molecule has 4 aliphatic rings. The van der Waals surface area contributed by atoms with E-state index in [1.807, 2.05) is 43.4 Å². The van der Waals surface area contributed by atoms with E-state index in [1.54, 1.807) is 55.2 Å². The van der Waals surface area contributed by atoms with Gasteiger partial charge in [-0.15, -0.1) is 0 Å². The van der Waals surface area contributed by atoms with Crippen molar-refractivity contribution in [3.8, 4) is 0 Å². The molecule has 0 bridgehead atoms. The normalized spacial score (nSPS) is 19.6. The van der Waals surface area contributed by atoms with Gasteiger partial charge in [0.1, 0.15) is 7.28 Å². The van der Waals surface area contributed by atoms with Crippen LogP contribution in [0.15, 0.2) is 90.4 Å². The second-order valence-electron chi connectivity index (χ2n) is 16.4. The second-order valence-corrected chi connectivity index (χ2v) is 16.4. The minimum absolute atomic E-state index is 0. The topological polar surface area (TPSA) is 198 Å². The molecule has 3 aromatic rings. The first-order valence-electron chi connectivity index (χ1n) is 21.5. The monoisotopic (exact) mass is 911 g/mol. The van der Waals surface area contributed by atoms with E-state index in [9.17, 15) is 29.2 Å². The van der Waals surface area contributed by atoms with Crippen LogP contribution >= 0.6 is 0 Å². The van der Waals surface area contributed by atoms with Crippen molar-refractivity contribution in [2.24, 2.45) is 0 Å². The predicted octanol–water partition coefficient (Wildman–Crippen LogP) is -1.91. The van der Waals surface area contributed by atoms with Crippen LogP contribution in [0, 0.1) is 6.92 Å². The second kappa shape index (κ2) is 27.4. The number of benzene rings is 3. The van der Waals surface area contributed by atoms with Crippen LogP contribution in [0.5, 0.6) is 0 Å². The van der Waals surface area contributed by atoms with Gasteiger partial charge in [0.2, 0.25) is 6.41 Å². The van der Waals surface area contributed by atoms with Gasteiger partial charge < -0.3 is 54.6 Å². The van der Waals surface area contributed by atoms with Gasteiger partial charge in [0.05, 0.1) is 19.3 Å². The maximum Gasteiger partial charge on any atom is 1.00 e. The SMILES string of the molecule is C=C(C)/C=C(\C)B(O)O.CC=CC1CC(NC(=O)c2ccc3c(c2)B(O)OC3)CN1C(=O)c1ccc2c(c1)B(O)OC2.CN1CC(NC=O)CC1[C-]=O.C[B]c1cc(C)ccc1CC.[K+]. The van der Waals surface area contributed by atoms with Gasteiger partial charge in [0.15, 0.2) is 0 Å². The molecule has 0 spiro atoms. The number of likely N-dealkylation sites (N-methyl/N-ethyl adjacent to an activating group) is 1. The van der Waals surface area contributed by atoms with Crippen molar-refractivity contribution in [2.75, 3.05) is 20.1 Å². The van der Waals surface area contributed by atoms with Gasteiger partial charge >= 0.3 is 72.7 Å². The molecule has 3 amide bonds. The molecule has 3 aromatic carbocycles. The largest absolute Gasteiger partial charge is 1.00 e. The molecule has 14 nitrogen and oxygen atoms in total. The van der Waals surface area contributed by atoms with Crippen molar-refractivity contribution in [1.29, 1.82) is 0 Å². The van der Waals surface area contributed by atoms with Crippen molar-refractivity contribution in [3.05, 3.63) is 124 Å². The summed E-state index contributed by atoms with van der Waals surface area (Å²) < 4.78 is 10.4. The zero-order valence-electron chi connectivity index (χ0n) is 38.9. The Morgan fingerprint density at radius 1 is 0.969 bits per heavy atom. The van der Waals surface area contributed by atoms with Gasteiger partial charge in [-0.2, -0.15) is 0 Å². The Morgan fingerprint density at radius 3 is 2.09 bits per heavy atom. The number of hydrogen-bond donors (Lipinski definition) is 6. The molecule has 0 saturated carbocycles. The number of rotatable bonds is 11. The van der Waals surface area contributed by atoms with Crippen LogP contribution in [-0.2, 0) is 38.5 Å². The Morgan fingerprint density at radius 2 is 1.58 bits per heavy atom. The van der Waals surface area contributed by atoms with Gasteiger partial charge in [-0.1, -0.05) is 97.1 Å². The van der Waals surface area contributed by atoms with Crippen molar-refractivity contribution in [3.63, 3.8) is 0 Å². The molecule has 6 N–H and O–H groups in total. The summed E-state index contributed by atoms with van der Waals surface area (Å²) in [6.45, 7) is 17.1. The predicted molar refractivity (Wildman–Crippen MR) is 253 cm³/mol. The Bertz CT molecular complexity index is 2180. The minimum Gasteiger partial charge on any atom is -0.540 e. The van der Waals surface area contributed by atoms with E-state index < -0.39 is 21.4 Å². The Balaban J connectivity index is 0.000000286. The standard InChI is InChI=1S/C23H24B2N2O6.C10H14B.C7H11N2O2.C6H11BO2.K/c1-2-3-19-10-18(26-22(28)14-4-6-16-12-32-24(30)20(16)8-14)11-27(19)23(29)15-5-7-17-13-33-25(31)21(17)9-15;1-4-9-6-5-8(2)7-10(9)11-3;1-9-3-6(8-5-11)2-7(9)4-10;1-5(2)4-6(3)7(8)9;/h2-9,18-19,30-31H,10-13H2,1H3,(H,26,28);5-7H,4H2,1-3H3;5-7H,2-3H2,1H3,(H,8,11);4,8-9H,1H2,2-3H3;/q;;-1;;+1/b;;;6-4+;. The van der Waals surface area contributed by atoms with Crippen molar-refractivity contribution >= 4 is 69.5 Å². The molecule has 0 aromatic heterocycles. The van der Waals surface area contributed by atoms with E-state index in [4.69, 9.17) is 19.4 Å². The van der Waals surface area contributed by atoms with Crippen molar-refractivity contribution in [1.82, 2.24) is 20.4 Å². The van der Waals surface area contributed by atoms with E-state index >= 15 is 0 Å². The summed E-state index contributed by atoms with van der Waals surface area (Å²) >= 11 is 0. The fourth-order valence-corrected chi connectivity index (χ4v) is 7.87. The Hall–Kier alpha value is -3.42. The molecule has 65 heavy (non-hydrogen) atoms. The van der Waals surface area contributed by atoms with Gasteiger partial charge in [-0.3, -0.25) is 14.4 Å². The Labute approximate surface area is 428 Å². The summed E-state index contributed by atoms with van der Waals surface area (Å²) in [4.78, 5) is 50.2. The molecule has 4 unspecified atom stereocenters. The summed E-state index contributed by atoms with van der Waals surface area (Å²) in [6, 6.07) is 16.6. The smallest absolute Gasteiger partial charge is 0.540 e. The van der Waals surface area contributed by atoms with E-state index in [1.165, 1.54) is 16.6 Å². The molecule has 337 valence electrons. The molecule has 2 fully saturated rings. The zero-order valence-corrected chi connectivity index (χ0v) is 42.0. The first-order chi connectivity index (χ1) is 30.5. The van der Waals surface area contributed by atoms with Crippen LogP contribution in [0.25, 0.3) is 0 Å². The van der Waals surface area contributed by atoms with Gasteiger partial charge in [0.25, 0.3) is 11.8 Å². The van der Waals surface area contributed by atoms with Crippen LogP contribution in [-0.4, -0.2) is 127 Å². The average molecular weight is 911 g/mol. The fourth-order valence-electron chi connectivity index (χ4n) is 7.87. The number of amides is 3. The summed E-state index contributed by atoms with van der Waals surface area (Å²) in [5, 5.41) is 42.6. The zero-order chi connectivity index (χ0) is 47.1. The van der Waals surface area contributed by atoms with Crippen LogP contribution in [0.3, 0.4) is 0 Å².